The smallest absolute Gasteiger partial charge is 0.186 e. The molecule has 0 saturated carbocycles. The summed E-state index contributed by atoms with van der Waals surface area (Å²) in [6.45, 7) is 3.21. The molecule has 3 aromatic carbocycles. The first-order valence-corrected chi connectivity index (χ1v) is 14.7. The number of benzene rings is 3. The Bertz CT molecular complexity index is 1390. The topological polar surface area (TPSA) is 83.5 Å². The summed E-state index contributed by atoms with van der Waals surface area (Å²) in [5.74, 6) is -0.412. The highest BCUT2D eigenvalue weighted by Gasteiger charge is 2.44. The van der Waals surface area contributed by atoms with Crippen LogP contribution in [0.5, 0.6) is 0 Å². The van der Waals surface area contributed by atoms with E-state index in [1.165, 1.54) is 23.8 Å². The molecule has 1 unspecified atom stereocenters. The quantitative estimate of drug-likeness (QED) is 0.460. The zero-order valence-electron chi connectivity index (χ0n) is 19.6. The van der Waals surface area contributed by atoms with Gasteiger partial charge in [-0.05, 0) is 41.3 Å². The molecule has 0 radical (unpaired) electrons. The van der Waals surface area contributed by atoms with Crippen LogP contribution >= 0.6 is 24.8 Å². The van der Waals surface area contributed by atoms with Crippen LogP contribution in [0, 0.1) is 0 Å². The van der Waals surface area contributed by atoms with Gasteiger partial charge in [-0.2, -0.15) is 0 Å². The lowest BCUT2D eigenvalue weighted by Gasteiger charge is -2.19. The lowest BCUT2D eigenvalue weighted by atomic mass is 10.0. The molecular formula is C26H30Cl2N2O4S2. The van der Waals surface area contributed by atoms with Crippen LogP contribution in [0.1, 0.15) is 28.4 Å². The fourth-order valence-electron chi connectivity index (χ4n) is 5.01. The summed E-state index contributed by atoms with van der Waals surface area (Å²) < 4.78 is 52.6. The van der Waals surface area contributed by atoms with E-state index in [1.54, 1.807) is 24.3 Å². The second-order valence-electron chi connectivity index (χ2n) is 9.04. The van der Waals surface area contributed by atoms with Crippen molar-refractivity contribution in [3.63, 3.8) is 0 Å². The van der Waals surface area contributed by atoms with Gasteiger partial charge in [-0.1, -0.05) is 60.7 Å². The van der Waals surface area contributed by atoms with Crippen molar-refractivity contribution >= 4 is 44.5 Å². The van der Waals surface area contributed by atoms with Crippen molar-refractivity contribution in [3.05, 3.63) is 95.6 Å². The van der Waals surface area contributed by atoms with Gasteiger partial charge in [-0.3, -0.25) is 4.90 Å². The molecule has 0 aliphatic carbocycles. The van der Waals surface area contributed by atoms with Gasteiger partial charge in [0.05, 0.1) is 15.5 Å². The summed E-state index contributed by atoms with van der Waals surface area (Å²) in [7, 11) is -7.51. The van der Waals surface area contributed by atoms with Crippen LogP contribution in [-0.2, 0) is 32.8 Å². The molecule has 10 heteroatoms. The van der Waals surface area contributed by atoms with E-state index in [0.717, 1.165) is 31.6 Å². The number of fused-ring (bicyclic) bond motifs is 1. The molecule has 36 heavy (non-hydrogen) atoms. The molecular weight excluding hydrogens is 539 g/mol. The summed E-state index contributed by atoms with van der Waals surface area (Å²) in [6, 6.07) is 23.8. The zero-order valence-corrected chi connectivity index (χ0v) is 22.9. The van der Waals surface area contributed by atoms with E-state index in [4.69, 9.17) is 0 Å². The molecule has 2 aliphatic rings. The fourth-order valence-corrected chi connectivity index (χ4v) is 9.43. The van der Waals surface area contributed by atoms with Crippen molar-refractivity contribution in [2.75, 3.05) is 18.8 Å². The van der Waals surface area contributed by atoms with Crippen molar-refractivity contribution in [2.24, 2.45) is 0 Å². The third kappa shape index (κ3) is 5.79. The number of nitrogens with one attached hydrogen (secondary N) is 1. The van der Waals surface area contributed by atoms with Crippen molar-refractivity contribution in [1.82, 2.24) is 10.2 Å². The van der Waals surface area contributed by atoms with Gasteiger partial charge >= 0.3 is 0 Å². The number of halogens is 2. The van der Waals surface area contributed by atoms with E-state index < -0.39 is 30.7 Å². The number of rotatable bonds is 7. The third-order valence-electron chi connectivity index (χ3n) is 6.73. The molecule has 1 saturated heterocycles. The predicted octanol–water partition coefficient (Wildman–Crippen LogP) is 4.20. The van der Waals surface area contributed by atoms with Crippen LogP contribution < -0.4 is 5.32 Å². The number of likely N-dealkylation sites (tertiary alicyclic amines) is 1. The van der Waals surface area contributed by atoms with E-state index in [0.29, 0.717) is 12.1 Å². The first kappa shape index (κ1) is 28.6. The molecule has 2 aliphatic heterocycles. The largest absolute Gasteiger partial charge is 0.309 e. The first-order chi connectivity index (χ1) is 16.3. The minimum atomic E-state index is -3.84. The third-order valence-corrected chi connectivity index (χ3v) is 10.8. The number of hydrogen-bond acceptors (Lipinski definition) is 6. The lowest BCUT2D eigenvalue weighted by molar-refractivity contribution is 0.320. The maximum Gasteiger partial charge on any atom is 0.186 e. The normalized spacial score (nSPS) is 20.8. The van der Waals surface area contributed by atoms with Gasteiger partial charge in [0, 0.05) is 32.2 Å². The molecule has 3 aromatic rings. The monoisotopic (exact) mass is 568 g/mol. The molecule has 1 N–H and O–H groups in total. The van der Waals surface area contributed by atoms with Crippen LogP contribution in [0.3, 0.4) is 0 Å². The van der Waals surface area contributed by atoms with Crippen molar-refractivity contribution in [1.29, 1.82) is 0 Å². The Morgan fingerprint density at radius 2 is 1.56 bits per heavy atom. The summed E-state index contributed by atoms with van der Waals surface area (Å²) in [5, 5.41) is 2.46. The second-order valence-corrected chi connectivity index (χ2v) is 13.2. The first-order valence-electron chi connectivity index (χ1n) is 11.5. The highest BCUT2D eigenvalue weighted by atomic mass is 35.5. The summed E-state index contributed by atoms with van der Waals surface area (Å²) in [6.07, 6.45) is 0.992. The van der Waals surface area contributed by atoms with Crippen LogP contribution in [0.15, 0.2) is 88.7 Å². The average molecular weight is 570 g/mol. The SMILES string of the molecule is Cl.Cl.O=S1(=O)CC(S(=O)(=O)c2ccccc2)c2c(CN[C@H]3CCN(Cc4ccccc4)C3)cccc21. The summed E-state index contributed by atoms with van der Waals surface area (Å²) in [4.78, 5) is 2.70. The number of hydrogen-bond donors (Lipinski definition) is 1. The molecule has 5 rings (SSSR count). The molecule has 0 aromatic heterocycles. The van der Waals surface area contributed by atoms with Gasteiger partial charge in [-0.15, -0.1) is 24.8 Å². The fraction of sp³-hybridized carbons (Fsp3) is 0.308. The van der Waals surface area contributed by atoms with Gasteiger partial charge in [-0.25, -0.2) is 16.8 Å². The lowest BCUT2D eigenvalue weighted by Crippen LogP contribution is -2.32. The predicted molar refractivity (Wildman–Crippen MR) is 146 cm³/mol. The Morgan fingerprint density at radius 3 is 2.25 bits per heavy atom. The minimum absolute atomic E-state index is 0. The zero-order chi connectivity index (χ0) is 23.8. The highest BCUT2D eigenvalue weighted by molar-refractivity contribution is 7.96. The minimum Gasteiger partial charge on any atom is -0.309 e. The van der Waals surface area contributed by atoms with Gasteiger partial charge in [0.2, 0.25) is 0 Å². The van der Waals surface area contributed by atoms with Gasteiger partial charge in [0.15, 0.2) is 19.7 Å². The Morgan fingerprint density at radius 1 is 0.889 bits per heavy atom. The molecule has 2 heterocycles. The van der Waals surface area contributed by atoms with Crippen LogP contribution in [0.25, 0.3) is 0 Å². The maximum atomic E-state index is 13.4. The standard InChI is InChI=1S/C26H28N2O4S2.2ClH/c29-33(30)19-25(34(31,32)23-11-5-2-6-12-23)26-21(10-7-13-24(26)33)16-27-22-14-15-28(18-22)17-20-8-3-1-4-9-20;;/h1-13,22,25,27H,14-19H2;2*1H/t22-,25?;;/m0../s1. The van der Waals surface area contributed by atoms with Crippen LogP contribution in [0.2, 0.25) is 0 Å². The van der Waals surface area contributed by atoms with E-state index in [9.17, 15) is 16.8 Å². The van der Waals surface area contributed by atoms with Crippen molar-refractivity contribution in [2.45, 2.75) is 40.6 Å². The highest BCUT2D eigenvalue weighted by Crippen LogP contribution is 2.42. The second kappa shape index (κ2) is 11.6. The molecule has 0 bridgehead atoms. The molecule has 2 atom stereocenters. The summed E-state index contributed by atoms with van der Waals surface area (Å²) in [5.41, 5.74) is 2.45. The Kier molecular flexibility index (Phi) is 9.25. The van der Waals surface area contributed by atoms with E-state index >= 15 is 0 Å². The van der Waals surface area contributed by atoms with Crippen molar-refractivity contribution < 1.29 is 16.8 Å². The average Bonchev–Trinajstić information content (AvgIpc) is 3.41. The Labute approximate surface area is 225 Å². The van der Waals surface area contributed by atoms with E-state index in [2.05, 4.69) is 22.3 Å². The van der Waals surface area contributed by atoms with Crippen molar-refractivity contribution in [3.8, 4) is 0 Å². The van der Waals surface area contributed by atoms with Gasteiger partial charge in [0.25, 0.3) is 0 Å². The molecule has 0 amide bonds. The number of nitrogens with zero attached hydrogens (tertiary/aromatic N) is 1. The van der Waals surface area contributed by atoms with Gasteiger partial charge in [0.1, 0.15) is 5.25 Å². The van der Waals surface area contributed by atoms with Crippen LogP contribution in [0.4, 0.5) is 0 Å². The maximum absolute atomic E-state index is 13.4. The Balaban J connectivity index is 0.00000180. The van der Waals surface area contributed by atoms with Crippen LogP contribution in [-0.4, -0.2) is 46.6 Å². The molecule has 6 nitrogen and oxygen atoms in total. The van der Waals surface area contributed by atoms with E-state index in [-0.39, 0.29) is 40.6 Å². The number of sulfone groups is 2. The Hall–Kier alpha value is -1.94. The molecule has 1 fully saturated rings. The van der Waals surface area contributed by atoms with Gasteiger partial charge < -0.3 is 5.32 Å². The summed E-state index contributed by atoms with van der Waals surface area (Å²) >= 11 is 0. The molecule has 0 spiro atoms. The van der Waals surface area contributed by atoms with E-state index in [1.807, 2.05) is 24.3 Å². The molecule has 194 valence electrons.